The van der Waals surface area contributed by atoms with Crippen LogP contribution in [0.1, 0.15) is 37.4 Å². The molecule has 0 unspecified atom stereocenters. The number of allylic oxidation sites excluding steroid dienone is 1. The Balaban J connectivity index is 1.29. The molecule has 2 fully saturated rings. The van der Waals surface area contributed by atoms with E-state index in [9.17, 15) is 24.3 Å². The fraction of sp³-hybridized carbons (Fsp3) is 0.368. The molecule has 2 saturated heterocycles. The minimum Gasteiger partial charge on any atom is -0.455 e. The number of nitrogens with one attached hydrogen (secondary N) is 1. The number of rotatable bonds is 6. The molecule has 0 bridgehead atoms. The highest BCUT2D eigenvalue weighted by Crippen LogP contribution is 2.53. The topological polar surface area (TPSA) is 125 Å². The molecule has 10 nitrogen and oxygen atoms in total. The van der Waals surface area contributed by atoms with Crippen molar-refractivity contribution in [3.8, 4) is 0 Å². The van der Waals surface area contributed by atoms with Crippen molar-refractivity contribution in [1.29, 1.82) is 0 Å². The first-order valence-electron chi connectivity index (χ1n) is 16.7. The Hall–Kier alpha value is -4.80. The molecular formula is C38H39N3O7. The van der Waals surface area contributed by atoms with Gasteiger partial charge >= 0.3 is 5.97 Å². The smallest absolute Gasteiger partial charge is 0.313 e. The van der Waals surface area contributed by atoms with E-state index in [0.29, 0.717) is 30.5 Å². The molecule has 0 radical (unpaired) electrons. The van der Waals surface area contributed by atoms with Gasteiger partial charge in [0.25, 0.3) is 5.91 Å². The van der Waals surface area contributed by atoms with Gasteiger partial charge in [-0.3, -0.25) is 19.2 Å². The second-order valence-electron chi connectivity index (χ2n) is 12.8. The van der Waals surface area contributed by atoms with Gasteiger partial charge in [0, 0.05) is 31.8 Å². The van der Waals surface area contributed by atoms with Gasteiger partial charge in [0.1, 0.15) is 23.7 Å². The highest BCUT2D eigenvalue weighted by Gasteiger charge is 2.71. The summed E-state index contributed by atoms with van der Waals surface area (Å²) in [5.74, 6) is -3.52. The number of cyclic esters (lactones) is 1. The monoisotopic (exact) mass is 649 g/mol. The van der Waals surface area contributed by atoms with E-state index < -0.39 is 41.7 Å². The zero-order valence-electron chi connectivity index (χ0n) is 26.6. The van der Waals surface area contributed by atoms with Crippen LogP contribution in [0.3, 0.4) is 0 Å². The van der Waals surface area contributed by atoms with Crippen LogP contribution < -0.4 is 10.2 Å². The average Bonchev–Trinajstić information content (AvgIpc) is 3.48. The summed E-state index contributed by atoms with van der Waals surface area (Å²) >= 11 is 0. The molecule has 48 heavy (non-hydrogen) atoms. The summed E-state index contributed by atoms with van der Waals surface area (Å²) < 4.78 is 12.9. The predicted octanol–water partition coefficient (Wildman–Crippen LogP) is 3.85. The number of aliphatic hydroxyl groups is 1. The molecule has 1 spiro atoms. The van der Waals surface area contributed by atoms with Crippen LogP contribution in [0.5, 0.6) is 0 Å². The molecule has 0 saturated carbocycles. The zero-order valence-corrected chi connectivity index (χ0v) is 26.6. The van der Waals surface area contributed by atoms with Crippen LogP contribution in [0.2, 0.25) is 0 Å². The summed E-state index contributed by atoms with van der Waals surface area (Å²) in [7, 11) is 0. The Bertz CT molecular complexity index is 1770. The Morgan fingerprint density at radius 2 is 1.69 bits per heavy atom. The summed E-state index contributed by atoms with van der Waals surface area (Å²) in [5, 5.41) is 14.4. The third kappa shape index (κ3) is 5.69. The highest BCUT2D eigenvalue weighted by molar-refractivity contribution is 6.06. The van der Waals surface area contributed by atoms with E-state index in [1.54, 1.807) is 28.0 Å². The van der Waals surface area contributed by atoms with E-state index in [1.165, 1.54) is 0 Å². The van der Waals surface area contributed by atoms with Gasteiger partial charge in [-0.15, -0.1) is 0 Å². The number of esters is 1. The predicted molar refractivity (Wildman–Crippen MR) is 179 cm³/mol. The van der Waals surface area contributed by atoms with Gasteiger partial charge in [0.15, 0.2) is 0 Å². The quantitative estimate of drug-likeness (QED) is 0.236. The molecule has 10 heteroatoms. The van der Waals surface area contributed by atoms with Gasteiger partial charge in [-0.2, -0.15) is 0 Å². The lowest BCUT2D eigenvalue weighted by Gasteiger charge is -2.35. The van der Waals surface area contributed by atoms with Crippen molar-refractivity contribution in [2.24, 2.45) is 11.8 Å². The van der Waals surface area contributed by atoms with E-state index in [2.05, 4.69) is 5.32 Å². The normalized spacial score (nSPS) is 29.6. The van der Waals surface area contributed by atoms with Crippen molar-refractivity contribution in [2.75, 3.05) is 31.1 Å². The number of unbranched alkanes of at least 4 members (excludes halogenated alkanes) is 1. The van der Waals surface area contributed by atoms with E-state index in [-0.39, 0.29) is 50.4 Å². The molecule has 2 N–H and O–H groups in total. The number of carbonyl (C=O) groups is 4. The molecule has 4 aliphatic rings. The molecule has 0 aromatic heterocycles. The second-order valence-corrected chi connectivity index (χ2v) is 12.8. The number of hydrogen-bond donors (Lipinski definition) is 2. The maximum atomic E-state index is 14.8. The molecular weight excluding hydrogens is 610 g/mol. The minimum absolute atomic E-state index is 0.0476. The lowest BCUT2D eigenvalue weighted by molar-refractivity contribution is -0.159. The van der Waals surface area contributed by atoms with Crippen LogP contribution in [0.25, 0.3) is 10.8 Å². The number of amides is 3. The van der Waals surface area contributed by atoms with Crippen LogP contribution in [0, 0.1) is 11.8 Å². The van der Waals surface area contributed by atoms with Crippen molar-refractivity contribution in [3.05, 3.63) is 103 Å². The Morgan fingerprint density at radius 3 is 2.50 bits per heavy atom. The lowest BCUT2D eigenvalue weighted by Crippen LogP contribution is -2.55. The van der Waals surface area contributed by atoms with Crippen molar-refractivity contribution in [3.63, 3.8) is 0 Å². The summed E-state index contributed by atoms with van der Waals surface area (Å²) in [5.41, 5.74) is -0.0345. The maximum Gasteiger partial charge on any atom is 0.313 e. The van der Waals surface area contributed by atoms with Crippen molar-refractivity contribution < 1.29 is 33.8 Å². The number of anilines is 1. The fourth-order valence-electron chi connectivity index (χ4n) is 7.62. The number of likely N-dealkylation sites (tertiary alicyclic amines) is 1. The Morgan fingerprint density at radius 1 is 0.896 bits per heavy atom. The number of carbonyl (C=O) groups excluding carboxylic acids is 4. The third-order valence-electron chi connectivity index (χ3n) is 9.90. The van der Waals surface area contributed by atoms with E-state index >= 15 is 0 Å². The van der Waals surface area contributed by atoms with Gasteiger partial charge in [0.05, 0.1) is 18.6 Å². The van der Waals surface area contributed by atoms with Crippen molar-refractivity contribution in [2.45, 2.75) is 49.5 Å². The standard InChI is InChI=1S/C38H39N3O7/c42-22-9-8-20-41-34-36(45)40(28-18-17-25-11-4-5-14-27(25)23-28)21-10-19-38(34)33(35(41)44)32-29(48-38)15-6-7-16-31(43)39-24-30(47-37(32)46)26-12-2-1-3-13-26/h1-6,10-15,17-19,23,29-30,32-34,42H,7-9,16,20-22,24H2,(H,39,43)/b15-6-/t29-,30+,32+,33+,34-,38+/m1/s1. The summed E-state index contributed by atoms with van der Waals surface area (Å²) in [6.45, 7) is 0.505. The SMILES string of the molecule is O=C1CC/C=C\[C@H]2O[C@]34C=CCN(c5ccc6ccccc6c5)C(=O)[C@H]3N(CCCCO)C(=O)[C@@H]4[C@H]2C(=O)O[C@H](c2ccccc2)CN1. The highest BCUT2D eigenvalue weighted by atomic mass is 16.6. The first kappa shape index (κ1) is 31.8. The molecule has 6 atom stereocenters. The fourth-order valence-corrected chi connectivity index (χ4v) is 7.62. The summed E-state index contributed by atoms with van der Waals surface area (Å²) in [6.07, 6.45) is 7.10. The van der Waals surface area contributed by atoms with Gasteiger partial charge in [-0.25, -0.2) is 0 Å². The number of hydrogen-bond acceptors (Lipinski definition) is 7. The van der Waals surface area contributed by atoms with Crippen LogP contribution >= 0.6 is 0 Å². The molecule has 7 rings (SSSR count). The number of aliphatic hydroxyl groups excluding tert-OH is 1. The summed E-state index contributed by atoms with van der Waals surface area (Å²) in [4.78, 5) is 59.5. The third-order valence-corrected chi connectivity index (χ3v) is 9.90. The number of nitrogens with zero attached hydrogens (tertiary/aromatic N) is 2. The maximum absolute atomic E-state index is 14.8. The summed E-state index contributed by atoms with van der Waals surface area (Å²) in [6, 6.07) is 21.9. The zero-order chi connectivity index (χ0) is 33.3. The molecule has 4 aliphatic heterocycles. The average molecular weight is 650 g/mol. The molecule has 0 aliphatic carbocycles. The van der Waals surface area contributed by atoms with Crippen LogP contribution in [0.4, 0.5) is 5.69 Å². The Kier molecular flexibility index (Phi) is 8.85. The molecule has 3 aromatic rings. The molecule has 248 valence electrons. The second kappa shape index (κ2) is 13.4. The van der Waals surface area contributed by atoms with E-state index in [4.69, 9.17) is 9.47 Å². The first-order valence-corrected chi connectivity index (χ1v) is 16.7. The lowest BCUT2D eigenvalue weighted by atomic mass is 9.78. The number of benzene rings is 3. The van der Waals surface area contributed by atoms with E-state index in [0.717, 1.165) is 10.8 Å². The number of ether oxygens (including phenoxy) is 2. The van der Waals surface area contributed by atoms with E-state index in [1.807, 2.05) is 78.9 Å². The van der Waals surface area contributed by atoms with Gasteiger partial charge in [-0.05, 0) is 47.7 Å². The molecule has 3 aromatic carbocycles. The van der Waals surface area contributed by atoms with Gasteiger partial charge in [0.2, 0.25) is 11.8 Å². The van der Waals surface area contributed by atoms with Crippen molar-refractivity contribution >= 4 is 40.2 Å². The molecule has 4 heterocycles. The van der Waals surface area contributed by atoms with Gasteiger partial charge < -0.3 is 29.7 Å². The van der Waals surface area contributed by atoms with Crippen LogP contribution in [-0.2, 0) is 28.7 Å². The Labute approximate surface area is 279 Å². The minimum atomic E-state index is -1.44. The van der Waals surface area contributed by atoms with Crippen LogP contribution in [-0.4, -0.2) is 77.7 Å². The van der Waals surface area contributed by atoms with Crippen LogP contribution in [0.15, 0.2) is 97.1 Å². The number of fused-ring (bicyclic) bond motifs is 3. The van der Waals surface area contributed by atoms with Crippen molar-refractivity contribution in [1.82, 2.24) is 10.2 Å². The molecule has 3 amide bonds. The largest absolute Gasteiger partial charge is 0.455 e. The van der Waals surface area contributed by atoms with Gasteiger partial charge in [-0.1, -0.05) is 85.0 Å². The first-order chi connectivity index (χ1) is 23.4.